The van der Waals surface area contributed by atoms with Gasteiger partial charge in [-0.05, 0) is 41.7 Å². The molecule has 6 nitrogen and oxygen atoms in total. The minimum Gasteiger partial charge on any atom is -0.358 e. The van der Waals surface area contributed by atoms with Gasteiger partial charge in [0.25, 0.3) is 0 Å². The maximum Gasteiger partial charge on any atom is 0.210 e. The molecule has 0 amide bonds. The molecule has 3 rings (SSSR count). The van der Waals surface area contributed by atoms with E-state index in [2.05, 4.69) is 47.2 Å². The topological polar surface area (TPSA) is 76.5 Å². The minimum atomic E-state index is -0.153. The summed E-state index contributed by atoms with van der Waals surface area (Å²) in [4.78, 5) is 17.3. The lowest BCUT2D eigenvalue weighted by Crippen LogP contribution is -2.13. The first kappa shape index (κ1) is 18.3. The molecule has 0 saturated carbocycles. The van der Waals surface area contributed by atoms with Crippen molar-refractivity contribution in [1.82, 2.24) is 25.2 Å². The lowest BCUT2D eigenvalue weighted by atomic mass is 9.85. The normalized spacial score (nSPS) is 11.8. The molecule has 0 unspecified atom stereocenters. The van der Waals surface area contributed by atoms with Crippen LogP contribution in [0.1, 0.15) is 37.6 Å². The van der Waals surface area contributed by atoms with Crippen LogP contribution in [-0.4, -0.2) is 25.2 Å². The van der Waals surface area contributed by atoms with Gasteiger partial charge in [-0.3, -0.25) is 4.79 Å². The van der Waals surface area contributed by atoms with Crippen LogP contribution in [0.5, 0.6) is 0 Å². The molecule has 26 heavy (non-hydrogen) atoms. The molecule has 3 aromatic rings. The van der Waals surface area contributed by atoms with Crippen molar-refractivity contribution in [3.8, 4) is 22.6 Å². The van der Waals surface area contributed by atoms with E-state index in [4.69, 9.17) is 11.6 Å². The molecule has 2 heterocycles. The van der Waals surface area contributed by atoms with Gasteiger partial charge in [-0.25, -0.2) is 0 Å². The summed E-state index contributed by atoms with van der Waals surface area (Å²) in [6, 6.07) is 5.57. The molecule has 0 fully saturated rings. The van der Waals surface area contributed by atoms with Crippen LogP contribution in [0.2, 0.25) is 5.02 Å². The summed E-state index contributed by atoms with van der Waals surface area (Å²) in [5.74, 6) is 0.315. The van der Waals surface area contributed by atoms with E-state index < -0.39 is 0 Å². The molecule has 1 N–H and O–H groups in total. The summed E-state index contributed by atoms with van der Waals surface area (Å²) >= 11 is 6.52. The fourth-order valence-corrected chi connectivity index (χ4v) is 3.49. The highest BCUT2D eigenvalue weighted by Crippen LogP contribution is 2.35. The van der Waals surface area contributed by atoms with Gasteiger partial charge in [-0.1, -0.05) is 38.4 Å². The van der Waals surface area contributed by atoms with Crippen LogP contribution in [0.4, 0.5) is 0 Å². The number of hydrogen-bond acceptors (Lipinski definition) is 4. The molecule has 0 radical (unpaired) electrons. The number of nitrogens with zero attached hydrogens (tertiary/aromatic N) is 4. The number of benzene rings is 1. The van der Waals surface area contributed by atoms with Gasteiger partial charge >= 0.3 is 0 Å². The number of rotatable bonds is 2. The van der Waals surface area contributed by atoms with E-state index in [-0.39, 0.29) is 10.8 Å². The Hall–Kier alpha value is -2.47. The summed E-state index contributed by atoms with van der Waals surface area (Å²) in [6.07, 6.45) is 0. The molecule has 1 aromatic carbocycles. The molecular formula is C19H22ClN5O. The zero-order chi connectivity index (χ0) is 19.2. The van der Waals surface area contributed by atoms with E-state index in [1.54, 1.807) is 13.1 Å². The Morgan fingerprint density at radius 3 is 2.38 bits per heavy atom. The molecule has 2 aromatic heterocycles. The van der Waals surface area contributed by atoms with Crippen LogP contribution in [0.25, 0.3) is 22.6 Å². The van der Waals surface area contributed by atoms with Gasteiger partial charge < -0.3 is 4.98 Å². The number of aryl methyl sites for hydroxylation is 3. The Morgan fingerprint density at radius 1 is 1.15 bits per heavy atom. The largest absolute Gasteiger partial charge is 0.358 e. The number of pyridine rings is 1. The quantitative estimate of drug-likeness (QED) is 0.743. The number of nitrogens with one attached hydrogen (secondary N) is 1. The van der Waals surface area contributed by atoms with E-state index in [9.17, 15) is 4.79 Å². The maximum atomic E-state index is 12.7. The molecule has 0 aliphatic heterocycles. The lowest BCUT2D eigenvalue weighted by molar-refractivity contribution is 0.590. The van der Waals surface area contributed by atoms with E-state index >= 15 is 0 Å². The number of aromatic amines is 1. The highest BCUT2D eigenvalue weighted by molar-refractivity contribution is 6.31. The second kappa shape index (κ2) is 6.36. The second-order valence-electron chi connectivity index (χ2n) is 7.55. The van der Waals surface area contributed by atoms with Crippen molar-refractivity contribution in [1.29, 1.82) is 0 Å². The Bertz CT molecular complexity index is 1040. The van der Waals surface area contributed by atoms with Crippen molar-refractivity contribution in [2.45, 2.75) is 40.0 Å². The Morgan fingerprint density at radius 2 is 1.85 bits per heavy atom. The van der Waals surface area contributed by atoms with Crippen molar-refractivity contribution in [3.05, 3.63) is 50.3 Å². The Balaban J connectivity index is 2.15. The van der Waals surface area contributed by atoms with Crippen molar-refractivity contribution in [2.24, 2.45) is 7.05 Å². The van der Waals surface area contributed by atoms with Gasteiger partial charge in [0.2, 0.25) is 5.82 Å². The van der Waals surface area contributed by atoms with Crippen LogP contribution < -0.4 is 5.43 Å². The maximum absolute atomic E-state index is 12.7. The molecule has 0 spiro atoms. The third-order valence-corrected chi connectivity index (χ3v) is 4.68. The monoisotopic (exact) mass is 371 g/mol. The van der Waals surface area contributed by atoms with Gasteiger partial charge in [0.1, 0.15) is 0 Å². The zero-order valence-corrected chi connectivity index (χ0v) is 16.6. The van der Waals surface area contributed by atoms with Crippen LogP contribution in [0, 0.1) is 13.8 Å². The molecule has 0 aliphatic rings. The molecule has 7 heteroatoms. The van der Waals surface area contributed by atoms with Crippen molar-refractivity contribution < 1.29 is 0 Å². The summed E-state index contributed by atoms with van der Waals surface area (Å²) in [5.41, 5.74) is 4.68. The van der Waals surface area contributed by atoms with Gasteiger partial charge in [-0.15, -0.1) is 10.2 Å². The molecule has 136 valence electrons. The first-order chi connectivity index (χ1) is 12.1. The van der Waals surface area contributed by atoms with Gasteiger partial charge in [0.15, 0.2) is 5.43 Å². The fraction of sp³-hybridized carbons (Fsp3) is 0.368. The summed E-state index contributed by atoms with van der Waals surface area (Å²) in [6.45, 7) is 10.2. The third kappa shape index (κ3) is 3.29. The second-order valence-corrected chi connectivity index (χ2v) is 7.95. The Labute approximate surface area is 157 Å². The molecular weight excluding hydrogens is 350 g/mol. The first-order valence-corrected chi connectivity index (χ1v) is 8.75. The molecule has 0 bridgehead atoms. The Kier molecular flexibility index (Phi) is 4.48. The van der Waals surface area contributed by atoms with Crippen LogP contribution in [0.3, 0.4) is 0 Å². The van der Waals surface area contributed by atoms with Gasteiger partial charge in [0.05, 0.1) is 12.6 Å². The summed E-state index contributed by atoms with van der Waals surface area (Å²) < 4.78 is 0. The smallest absolute Gasteiger partial charge is 0.210 e. The van der Waals surface area contributed by atoms with Crippen LogP contribution in [-0.2, 0) is 12.5 Å². The van der Waals surface area contributed by atoms with Crippen LogP contribution in [0.15, 0.2) is 23.0 Å². The van der Waals surface area contributed by atoms with Gasteiger partial charge in [-0.2, -0.15) is 4.80 Å². The average Bonchev–Trinajstić information content (AvgIpc) is 2.93. The predicted octanol–water partition coefficient (Wildman–Crippen LogP) is 3.80. The minimum absolute atomic E-state index is 0.0504. The van der Waals surface area contributed by atoms with E-state index in [0.717, 1.165) is 22.4 Å². The number of aromatic nitrogens is 5. The fourth-order valence-electron chi connectivity index (χ4n) is 3.04. The van der Waals surface area contributed by atoms with Crippen molar-refractivity contribution in [2.75, 3.05) is 0 Å². The standard InChI is InChI=1S/C19H22ClN5O/c1-10-7-13(19(3,4)5)14(20)8-12(10)15-9-16(26)17(11(2)21-15)18-22-24-25(6)23-18/h7-9H,1-6H3,(H,21,26). The number of tetrazole rings is 1. The van der Waals surface area contributed by atoms with E-state index in [1.165, 1.54) is 4.80 Å². The number of halogens is 1. The highest BCUT2D eigenvalue weighted by Gasteiger charge is 2.20. The molecule has 0 saturated heterocycles. The number of H-pyrrole nitrogens is 1. The van der Waals surface area contributed by atoms with Crippen LogP contribution >= 0.6 is 11.6 Å². The first-order valence-electron chi connectivity index (χ1n) is 8.37. The van der Waals surface area contributed by atoms with Crippen molar-refractivity contribution in [3.63, 3.8) is 0 Å². The molecule has 0 aliphatic carbocycles. The average molecular weight is 372 g/mol. The zero-order valence-electron chi connectivity index (χ0n) is 15.8. The summed E-state index contributed by atoms with van der Waals surface area (Å²) in [5, 5.41) is 12.6. The summed E-state index contributed by atoms with van der Waals surface area (Å²) in [7, 11) is 1.66. The predicted molar refractivity (Wildman–Crippen MR) is 103 cm³/mol. The lowest BCUT2D eigenvalue weighted by Gasteiger charge is -2.22. The number of hydrogen-bond donors (Lipinski definition) is 1. The third-order valence-electron chi connectivity index (χ3n) is 4.36. The van der Waals surface area contributed by atoms with Gasteiger partial charge in [0, 0.05) is 28.0 Å². The SMILES string of the molecule is Cc1cc(C(C)(C)C)c(Cl)cc1-c1cc(=O)c(-c2nnn(C)n2)c(C)[nH]1. The van der Waals surface area contributed by atoms with Crippen molar-refractivity contribution >= 4 is 11.6 Å². The van der Waals surface area contributed by atoms with E-state index in [0.29, 0.717) is 22.1 Å². The highest BCUT2D eigenvalue weighted by atomic mass is 35.5. The van der Waals surface area contributed by atoms with E-state index in [1.807, 2.05) is 19.9 Å². The molecule has 0 atom stereocenters.